The summed E-state index contributed by atoms with van der Waals surface area (Å²) in [6.45, 7) is 8.56. The van der Waals surface area contributed by atoms with Crippen LogP contribution in [0.3, 0.4) is 0 Å². The third kappa shape index (κ3) is 3.89. The molecule has 106 valence electrons. The van der Waals surface area contributed by atoms with Gasteiger partial charge >= 0.3 is 5.69 Å². The molecular formula is C13H21N3O3. The second-order valence-electron chi connectivity index (χ2n) is 5.35. The maximum Gasteiger partial charge on any atom is 0.345 e. The summed E-state index contributed by atoms with van der Waals surface area (Å²) in [7, 11) is 0. The largest absolute Gasteiger partial charge is 0.391 e. The number of amides is 1. The fourth-order valence-corrected chi connectivity index (χ4v) is 1.68. The molecule has 0 aromatic carbocycles. The van der Waals surface area contributed by atoms with E-state index in [-0.39, 0.29) is 12.3 Å². The van der Waals surface area contributed by atoms with Crippen LogP contribution in [0.2, 0.25) is 0 Å². The van der Waals surface area contributed by atoms with Gasteiger partial charge in [-0.05, 0) is 34.6 Å². The molecule has 0 aliphatic rings. The fourth-order valence-electron chi connectivity index (χ4n) is 1.68. The monoisotopic (exact) mass is 267 g/mol. The van der Waals surface area contributed by atoms with Gasteiger partial charge in [0.2, 0.25) is 5.91 Å². The van der Waals surface area contributed by atoms with Crippen molar-refractivity contribution in [2.24, 2.45) is 0 Å². The topological polar surface area (TPSA) is 95.1 Å². The highest BCUT2D eigenvalue weighted by molar-refractivity contribution is 5.79. The quantitative estimate of drug-likeness (QED) is 0.726. The standard InChI is InChI=1S/C13H21N3O3/c1-7-10(8(2)15-12(19)14-7)6-11(18)16-13(4,5)9(3)17/h9,17H,6H2,1-5H3,(H,16,18)(H,14,15,19). The minimum absolute atomic E-state index is 0.123. The Morgan fingerprint density at radius 2 is 2.05 bits per heavy atom. The Hall–Kier alpha value is -1.69. The van der Waals surface area contributed by atoms with Crippen LogP contribution in [0.25, 0.3) is 0 Å². The molecule has 1 aromatic rings. The summed E-state index contributed by atoms with van der Waals surface area (Å²) in [6.07, 6.45) is -0.537. The van der Waals surface area contributed by atoms with Crippen LogP contribution in [0.15, 0.2) is 4.79 Å². The molecule has 1 aromatic heterocycles. The first-order valence-electron chi connectivity index (χ1n) is 6.19. The number of aromatic amines is 1. The molecule has 3 N–H and O–H groups in total. The number of hydrogen-bond acceptors (Lipinski definition) is 4. The molecule has 6 nitrogen and oxygen atoms in total. The number of rotatable bonds is 4. The zero-order chi connectivity index (χ0) is 14.8. The van der Waals surface area contributed by atoms with E-state index in [1.54, 1.807) is 34.6 Å². The molecular weight excluding hydrogens is 246 g/mol. The van der Waals surface area contributed by atoms with Gasteiger partial charge in [-0.2, -0.15) is 4.98 Å². The maximum absolute atomic E-state index is 12.0. The van der Waals surface area contributed by atoms with Crippen molar-refractivity contribution < 1.29 is 9.90 Å². The van der Waals surface area contributed by atoms with Crippen molar-refractivity contribution in [3.63, 3.8) is 0 Å². The molecule has 1 unspecified atom stereocenters. The minimum atomic E-state index is -0.700. The molecule has 1 heterocycles. The Morgan fingerprint density at radius 1 is 1.47 bits per heavy atom. The summed E-state index contributed by atoms with van der Waals surface area (Å²) in [5, 5.41) is 12.3. The highest BCUT2D eigenvalue weighted by Crippen LogP contribution is 2.11. The predicted molar refractivity (Wildman–Crippen MR) is 71.9 cm³/mol. The molecule has 0 saturated carbocycles. The Balaban J connectivity index is 2.87. The van der Waals surface area contributed by atoms with Crippen LogP contribution in [0.5, 0.6) is 0 Å². The van der Waals surface area contributed by atoms with Gasteiger partial charge in [0.25, 0.3) is 0 Å². The Kier molecular flexibility index (Phi) is 4.47. The molecule has 6 heteroatoms. The van der Waals surface area contributed by atoms with Gasteiger partial charge in [-0.3, -0.25) is 4.79 Å². The first kappa shape index (κ1) is 15.4. The molecule has 1 rings (SSSR count). The lowest BCUT2D eigenvalue weighted by Crippen LogP contribution is -2.51. The molecule has 1 atom stereocenters. The van der Waals surface area contributed by atoms with Gasteiger partial charge in [0, 0.05) is 17.0 Å². The van der Waals surface area contributed by atoms with Crippen LogP contribution in [0, 0.1) is 13.8 Å². The van der Waals surface area contributed by atoms with Gasteiger partial charge in [0.05, 0.1) is 18.1 Å². The lowest BCUT2D eigenvalue weighted by Gasteiger charge is -2.29. The van der Waals surface area contributed by atoms with E-state index >= 15 is 0 Å². The number of carbonyl (C=O) groups excluding carboxylic acids is 1. The van der Waals surface area contributed by atoms with Crippen LogP contribution < -0.4 is 11.0 Å². The smallest absolute Gasteiger partial charge is 0.345 e. The number of aryl methyl sites for hydroxylation is 2. The molecule has 0 bridgehead atoms. The van der Waals surface area contributed by atoms with Crippen molar-refractivity contribution in [2.75, 3.05) is 0 Å². The first-order valence-corrected chi connectivity index (χ1v) is 6.19. The summed E-state index contributed by atoms with van der Waals surface area (Å²) in [5.74, 6) is -0.217. The van der Waals surface area contributed by atoms with Crippen LogP contribution >= 0.6 is 0 Å². The van der Waals surface area contributed by atoms with Crippen LogP contribution in [-0.4, -0.2) is 32.6 Å². The van der Waals surface area contributed by atoms with Gasteiger partial charge in [0.1, 0.15) is 0 Å². The van der Waals surface area contributed by atoms with E-state index < -0.39 is 17.3 Å². The molecule has 0 fully saturated rings. The number of aliphatic hydroxyl groups excluding tert-OH is 1. The van der Waals surface area contributed by atoms with Crippen LogP contribution in [0.4, 0.5) is 0 Å². The number of nitrogens with one attached hydrogen (secondary N) is 2. The maximum atomic E-state index is 12.0. The Bertz CT molecular complexity index is 506. The molecule has 0 saturated heterocycles. The van der Waals surface area contributed by atoms with Gasteiger partial charge < -0.3 is 15.4 Å². The number of carbonyl (C=O) groups is 1. The summed E-state index contributed by atoms with van der Waals surface area (Å²) >= 11 is 0. The molecule has 0 aliphatic carbocycles. The first-order chi connectivity index (χ1) is 8.63. The fraction of sp³-hybridized carbons (Fsp3) is 0.615. The van der Waals surface area contributed by atoms with E-state index in [0.29, 0.717) is 17.0 Å². The summed E-state index contributed by atoms with van der Waals surface area (Å²) in [6, 6.07) is 0. The highest BCUT2D eigenvalue weighted by atomic mass is 16.3. The van der Waals surface area contributed by atoms with Gasteiger partial charge in [-0.25, -0.2) is 4.79 Å². The van der Waals surface area contributed by atoms with E-state index in [1.807, 2.05) is 0 Å². The van der Waals surface area contributed by atoms with E-state index in [1.165, 1.54) is 0 Å². The van der Waals surface area contributed by atoms with Crippen molar-refractivity contribution in [1.82, 2.24) is 15.3 Å². The lowest BCUT2D eigenvalue weighted by atomic mass is 9.98. The summed E-state index contributed by atoms with van der Waals surface area (Å²) in [5.41, 5.74) is 0.782. The van der Waals surface area contributed by atoms with E-state index in [0.717, 1.165) is 0 Å². The molecule has 0 spiro atoms. The molecule has 0 radical (unpaired) electrons. The second-order valence-corrected chi connectivity index (χ2v) is 5.35. The number of nitrogens with zero attached hydrogens (tertiary/aromatic N) is 1. The van der Waals surface area contributed by atoms with Gasteiger partial charge in [0.15, 0.2) is 0 Å². The van der Waals surface area contributed by atoms with Crippen molar-refractivity contribution in [3.05, 3.63) is 27.4 Å². The number of hydrogen-bond donors (Lipinski definition) is 3. The van der Waals surface area contributed by atoms with Crippen molar-refractivity contribution in [2.45, 2.75) is 52.7 Å². The normalized spacial score (nSPS) is 13.2. The molecule has 0 aliphatic heterocycles. The molecule has 19 heavy (non-hydrogen) atoms. The van der Waals surface area contributed by atoms with Crippen LogP contribution in [-0.2, 0) is 11.2 Å². The van der Waals surface area contributed by atoms with Crippen molar-refractivity contribution >= 4 is 5.91 Å². The highest BCUT2D eigenvalue weighted by Gasteiger charge is 2.26. The average molecular weight is 267 g/mol. The number of aromatic nitrogens is 2. The van der Waals surface area contributed by atoms with E-state index in [2.05, 4.69) is 15.3 Å². The van der Waals surface area contributed by atoms with E-state index in [9.17, 15) is 14.7 Å². The average Bonchev–Trinajstić information content (AvgIpc) is 2.22. The zero-order valence-electron chi connectivity index (χ0n) is 12.0. The van der Waals surface area contributed by atoms with Crippen molar-refractivity contribution in [1.29, 1.82) is 0 Å². The molecule has 1 amide bonds. The zero-order valence-corrected chi connectivity index (χ0v) is 12.0. The Morgan fingerprint density at radius 3 is 2.53 bits per heavy atom. The Labute approximate surface area is 112 Å². The summed E-state index contributed by atoms with van der Waals surface area (Å²) in [4.78, 5) is 29.5. The summed E-state index contributed by atoms with van der Waals surface area (Å²) < 4.78 is 0. The van der Waals surface area contributed by atoms with E-state index in [4.69, 9.17) is 0 Å². The third-order valence-electron chi connectivity index (χ3n) is 3.30. The third-order valence-corrected chi connectivity index (χ3v) is 3.30. The second kappa shape index (κ2) is 5.52. The minimum Gasteiger partial charge on any atom is -0.391 e. The van der Waals surface area contributed by atoms with Crippen LogP contribution in [0.1, 0.15) is 37.7 Å². The number of aliphatic hydroxyl groups is 1. The van der Waals surface area contributed by atoms with Gasteiger partial charge in [-0.1, -0.05) is 0 Å². The van der Waals surface area contributed by atoms with Gasteiger partial charge in [-0.15, -0.1) is 0 Å². The predicted octanol–water partition coefficient (Wildman–Crippen LogP) is 0.205. The lowest BCUT2D eigenvalue weighted by molar-refractivity contribution is -0.123. The SMILES string of the molecule is Cc1nc(=O)[nH]c(C)c1CC(=O)NC(C)(C)C(C)O. The van der Waals surface area contributed by atoms with Crippen molar-refractivity contribution in [3.8, 4) is 0 Å². The number of H-pyrrole nitrogens is 1.